The van der Waals surface area contributed by atoms with Gasteiger partial charge in [-0.1, -0.05) is 56.5 Å². The van der Waals surface area contributed by atoms with Gasteiger partial charge in [0, 0.05) is 5.56 Å². The Hall–Kier alpha value is -0.860. The number of ketones is 1. The standard InChI is InChI=1S/C13H19NO.ClH/c1-2-3-5-10-12(14)13(15)11-8-6-4-7-9-11;/h4,6-9,12H,2-3,5,10,14H2,1H3;1H/t12-;/m0./s1. The van der Waals surface area contributed by atoms with Crippen molar-refractivity contribution in [2.75, 3.05) is 0 Å². The number of carbonyl (C=O) groups excluding carboxylic acids is 1. The maximum Gasteiger partial charge on any atom is 0.179 e. The number of nitrogens with two attached hydrogens (primary N) is 1. The fourth-order valence-electron chi connectivity index (χ4n) is 1.56. The van der Waals surface area contributed by atoms with Crippen LogP contribution in [-0.2, 0) is 0 Å². The maximum absolute atomic E-state index is 11.8. The molecule has 0 spiro atoms. The molecule has 0 radical (unpaired) electrons. The van der Waals surface area contributed by atoms with E-state index in [1.807, 2.05) is 30.3 Å². The topological polar surface area (TPSA) is 43.1 Å². The number of unbranched alkanes of at least 4 members (excludes halogenated alkanes) is 2. The molecule has 2 N–H and O–H groups in total. The van der Waals surface area contributed by atoms with E-state index in [4.69, 9.17) is 5.73 Å². The maximum atomic E-state index is 11.8. The summed E-state index contributed by atoms with van der Waals surface area (Å²) < 4.78 is 0. The van der Waals surface area contributed by atoms with Crippen LogP contribution in [0.5, 0.6) is 0 Å². The Bertz CT molecular complexity index is 300. The lowest BCUT2D eigenvalue weighted by atomic mass is 10.00. The van der Waals surface area contributed by atoms with E-state index >= 15 is 0 Å². The van der Waals surface area contributed by atoms with Gasteiger partial charge in [0.2, 0.25) is 0 Å². The SMILES string of the molecule is CCCCC[C@H](N)C(=O)c1ccccc1.Cl. The van der Waals surface area contributed by atoms with Crippen LogP contribution in [0.1, 0.15) is 43.0 Å². The molecule has 0 unspecified atom stereocenters. The Kier molecular flexibility index (Phi) is 7.86. The lowest BCUT2D eigenvalue weighted by Crippen LogP contribution is -2.30. The van der Waals surface area contributed by atoms with Crippen LogP contribution in [0.25, 0.3) is 0 Å². The minimum atomic E-state index is -0.334. The van der Waals surface area contributed by atoms with Crippen LogP contribution in [0.2, 0.25) is 0 Å². The summed E-state index contributed by atoms with van der Waals surface area (Å²) in [6.45, 7) is 2.14. The molecule has 0 saturated heterocycles. The molecule has 0 aliphatic rings. The molecule has 2 nitrogen and oxygen atoms in total. The van der Waals surface area contributed by atoms with E-state index in [1.54, 1.807) is 0 Å². The quantitative estimate of drug-likeness (QED) is 0.614. The van der Waals surface area contributed by atoms with Crippen LogP contribution in [-0.4, -0.2) is 11.8 Å². The van der Waals surface area contributed by atoms with Crippen LogP contribution >= 0.6 is 12.4 Å². The van der Waals surface area contributed by atoms with Gasteiger partial charge in [-0.25, -0.2) is 0 Å². The third-order valence-corrected chi connectivity index (χ3v) is 2.51. The van der Waals surface area contributed by atoms with Gasteiger partial charge in [-0.05, 0) is 6.42 Å². The van der Waals surface area contributed by atoms with Crippen LogP contribution < -0.4 is 5.73 Å². The van der Waals surface area contributed by atoms with Gasteiger partial charge in [0.15, 0.2) is 5.78 Å². The van der Waals surface area contributed by atoms with E-state index in [-0.39, 0.29) is 24.2 Å². The monoisotopic (exact) mass is 241 g/mol. The third-order valence-electron chi connectivity index (χ3n) is 2.51. The van der Waals surface area contributed by atoms with E-state index < -0.39 is 0 Å². The first-order chi connectivity index (χ1) is 7.25. The second-order valence-corrected chi connectivity index (χ2v) is 3.83. The van der Waals surface area contributed by atoms with Crippen molar-refractivity contribution < 1.29 is 4.79 Å². The minimum Gasteiger partial charge on any atom is -0.321 e. The Balaban J connectivity index is 0.00000225. The van der Waals surface area contributed by atoms with Crippen LogP contribution in [0.3, 0.4) is 0 Å². The zero-order valence-electron chi connectivity index (χ0n) is 9.69. The predicted octanol–water partition coefficient (Wildman–Crippen LogP) is 3.20. The molecule has 1 aromatic rings. The Morgan fingerprint density at radius 2 is 1.88 bits per heavy atom. The fourth-order valence-corrected chi connectivity index (χ4v) is 1.56. The summed E-state index contributed by atoms with van der Waals surface area (Å²) in [6.07, 6.45) is 4.14. The third kappa shape index (κ3) is 4.77. The average Bonchev–Trinajstić information content (AvgIpc) is 2.29. The first-order valence-corrected chi connectivity index (χ1v) is 5.60. The highest BCUT2D eigenvalue weighted by Gasteiger charge is 2.14. The lowest BCUT2D eigenvalue weighted by molar-refractivity contribution is 0.0956. The van der Waals surface area contributed by atoms with Gasteiger partial charge in [0.1, 0.15) is 0 Å². The fraction of sp³-hybridized carbons (Fsp3) is 0.462. The summed E-state index contributed by atoms with van der Waals surface area (Å²) in [6, 6.07) is 8.94. The zero-order chi connectivity index (χ0) is 11.1. The van der Waals surface area contributed by atoms with Crippen molar-refractivity contribution in [3.63, 3.8) is 0 Å². The van der Waals surface area contributed by atoms with E-state index in [2.05, 4.69) is 6.92 Å². The molecule has 0 fully saturated rings. The second-order valence-electron chi connectivity index (χ2n) is 3.83. The van der Waals surface area contributed by atoms with Gasteiger partial charge in [-0.2, -0.15) is 0 Å². The Labute approximate surface area is 104 Å². The summed E-state index contributed by atoms with van der Waals surface area (Å²) >= 11 is 0. The highest BCUT2D eigenvalue weighted by Crippen LogP contribution is 2.08. The molecule has 0 amide bonds. The molecule has 3 heteroatoms. The first-order valence-electron chi connectivity index (χ1n) is 5.60. The molecule has 0 heterocycles. The molecule has 16 heavy (non-hydrogen) atoms. The van der Waals surface area contributed by atoms with Gasteiger partial charge in [-0.3, -0.25) is 4.79 Å². The molecule has 0 saturated carbocycles. The summed E-state index contributed by atoms with van der Waals surface area (Å²) in [4.78, 5) is 11.8. The first kappa shape index (κ1) is 15.1. The summed E-state index contributed by atoms with van der Waals surface area (Å²) in [7, 11) is 0. The molecule has 90 valence electrons. The van der Waals surface area contributed by atoms with Crippen molar-refractivity contribution >= 4 is 18.2 Å². The molecule has 1 aromatic carbocycles. The van der Waals surface area contributed by atoms with Gasteiger partial charge >= 0.3 is 0 Å². The molecule has 1 rings (SSSR count). The van der Waals surface area contributed by atoms with Gasteiger partial charge in [0.05, 0.1) is 6.04 Å². The highest BCUT2D eigenvalue weighted by molar-refractivity contribution is 5.99. The Morgan fingerprint density at radius 3 is 2.44 bits per heavy atom. The smallest absolute Gasteiger partial charge is 0.179 e. The van der Waals surface area contributed by atoms with E-state index in [0.29, 0.717) is 0 Å². The van der Waals surface area contributed by atoms with Crippen LogP contribution in [0.4, 0.5) is 0 Å². The van der Waals surface area contributed by atoms with Gasteiger partial charge < -0.3 is 5.73 Å². The molecular weight excluding hydrogens is 222 g/mol. The summed E-state index contributed by atoms with van der Waals surface area (Å²) in [5, 5.41) is 0. The number of benzene rings is 1. The van der Waals surface area contributed by atoms with Crippen LogP contribution in [0, 0.1) is 0 Å². The largest absolute Gasteiger partial charge is 0.321 e. The highest BCUT2D eigenvalue weighted by atomic mass is 35.5. The average molecular weight is 242 g/mol. The molecular formula is C13H20ClNO. The Morgan fingerprint density at radius 1 is 1.25 bits per heavy atom. The summed E-state index contributed by atoms with van der Waals surface area (Å²) in [5.74, 6) is 0.0618. The minimum absolute atomic E-state index is 0. The lowest BCUT2D eigenvalue weighted by Gasteiger charge is -2.09. The number of Topliss-reactive ketones (excluding diaryl/α,β-unsaturated/α-hetero) is 1. The van der Waals surface area contributed by atoms with Crippen molar-refractivity contribution in [3.05, 3.63) is 35.9 Å². The molecule has 1 atom stereocenters. The van der Waals surface area contributed by atoms with Gasteiger partial charge in [-0.15, -0.1) is 12.4 Å². The molecule has 0 bridgehead atoms. The number of hydrogen-bond acceptors (Lipinski definition) is 2. The van der Waals surface area contributed by atoms with Crippen molar-refractivity contribution in [1.82, 2.24) is 0 Å². The number of rotatable bonds is 6. The summed E-state index contributed by atoms with van der Waals surface area (Å²) in [5.41, 5.74) is 6.56. The van der Waals surface area contributed by atoms with Crippen molar-refractivity contribution in [2.45, 2.75) is 38.6 Å². The molecule has 0 aliphatic heterocycles. The van der Waals surface area contributed by atoms with E-state index in [0.717, 1.165) is 31.2 Å². The molecule has 0 aliphatic carbocycles. The van der Waals surface area contributed by atoms with Crippen molar-refractivity contribution in [3.8, 4) is 0 Å². The zero-order valence-corrected chi connectivity index (χ0v) is 10.5. The van der Waals surface area contributed by atoms with E-state index in [9.17, 15) is 4.79 Å². The number of hydrogen-bond donors (Lipinski definition) is 1. The second kappa shape index (κ2) is 8.31. The predicted molar refractivity (Wildman–Crippen MR) is 70.1 cm³/mol. The molecule has 0 aromatic heterocycles. The van der Waals surface area contributed by atoms with Crippen molar-refractivity contribution in [1.29, 1.82) is 0 Å². The normalized spacial score (nSPS) is 11.6. The number of carbonyl (C=O) groups is 1. The number of halogens is 1. The van der Waals surface area contributed by atoms with Gasteiger partial charge in [0.25, 0.3) is 0 Å². The van der Waals surface area contributed by atoms with Crippen LogP contribution in [0.15, 0.2) is 30.3 Å². The van der Waals surface area contributed by atoms with E-state index in [1.165, 1.54) is 0 Å². The van der Waals surface area contributed by atoms with Crippen molar-refractivity contribution in [2.24, 2.45) is 5.73 Å².